The van der Waals surface area contributed by atoms with Gasteiger partial charge in [-0.2, -0.15) is 13.2 Å². The van der Waals surface area contributed by atoms with Gasteiger partial charge in [-0.05, 0) is 55.0 Å². The molecule has 0 unspecified atom stereocenters. The Balaban J connectivity index is 1.74. The molecule has 0 bridgehead atoms. The number of benzene rings is 2. The zero-order valence-corrected chi connectivity index (χ0v) is 17.8. The molecular formula is C23H18F3N3O2S. The molecule has 2 aromatic carbocycles. The molecule has 0 aliphatic rings. The van der Waals surface area contributed by atoms with Gasteiger partial charge in [-0.15, -0.1) is 0 Å². The Labute approximate surface area is 186 Å². The monoisotopic (exact) mass is 457 g/mol. The second-order valence-electron chi connectivity index (χ2n) is 6.86. The Morgan fingerprint density at radius 2 is 1.88 bits per heavy atom. The predicted molar refractivity (Wildman–Crippen MR) is 117 cm³/mol. The highest BCUT2D eigenvalue weighted by atomic mass is 32.1. The van der Waals surface area contributed by atoms with E-state index in [4.69, 9.17) is 4.74 Å². The predicted octanol–water partition coefficient (Wildman–Crippen LogP) is 5.96. The van der Waals surface area contributed by atoms with Crippen LogP contribution in [0.25, 0.3) is 10.2 Å². The Hall–Kier alpha value is -3.46. The normalized spacial score (nSPS) is 11.5. The highest BCUT2D eigenvalue weighted by Gasteiger charge is 2.31. The van der Waals surface area contributed by atoms with E-state index in [9.17, 15) is 18.0 Å². The molecule has 5 nitrogen and oxygen atoms in total. The third kappa shape index (κ3) is 4.57. The Kier molecular flexibility index (Phi) is 6.09. The fraction of sp³-hybridized carbons (Fsp3) is 0.174. The number of para-hydroxylation sites is 1. The van der Waals surface area contributed by atoms with Crippen LogP contribution in [0.4, 0.5) is 18.3 Å². The average molecular weight is 457 g/mol. The second-order valence-corrected chi connectivity index (χ2v) is 7.87. The van der Waals surface area contributed by atoms with E-state index < -0.39 is 17.6 Å². The van der Waals surface area contributed by atoms with Gasteiger partial charge in [0.05, 0.1) is 23.4 Å². The topological polar surface area (TPSA) is 55.3 Å². The molecular weight excluding hydrogens is 439 g/mol. The number of hydrogen-bond acceptors (Lipinski definition) is 5. The van der Waals surface area contributed by atoms with Crippen LogP contribution in [0, 0.1) is 0 Å². The first-order valence-electron chi connectivity index (χ1n) is 9.77. The molecule has 32 heavy (non-hydrogen) atoms. The number of hydrogen-bond donors (Lipinski definition) is 0. The van der Waals surface area contributed by atoms with Gasteiger partial charge in [0.1, 0.15) is 11.3 Å². The van der Waals surface area contributed by atoms with E-state index in [2.05, 4.69) is 9.97 Å². The number of rotatable bonds is 6. The van der Waals surface area contributed by atoms with E-state index in [1.807, 2.05) is 25.1 Å². The van der Waals surface area contributed by atoms with Gasteiger partial charge >= 0.3 is 6.18 Å². The molecule has 4 aromatic rings. The first-order valence-corrected chi connectivity index (χ1v) is 10.6. The number of anilines is 1. The van der Waals surface area contributed by atoms with E-state index in [0.717, 1.165) is 22.4 Å². The van der Waals surface area contributed by atoms with Crippen LogP contribution in [-0.4, -0.2) is 22.5 Å². The van der Waals surface area contributed by atoms with Crippen molar-refractivity contribution in [3.05, 3.63) is 83.7 Å². The van der Waals surface area contributed by atoms with Gasteiger partial charge < -0.3 is 4.74 Å². The number of ether oxygens (including phenoxy) is 1. The third-order valence-electron chi connectivity index (χ3n) is 4.67. The first kappa shape index (κ1) is 21.8. The van der Waals surface area contributed by atoms with Crippen LogP contribution in [0.5, 0.6) is 5.75 Å². The fourth-order valence-corrected chi connectivity index (χ4v) is 4.14. The standard InChI is InChI=1S/C23H18F3N3O2S/c1-2-31-18-6-3-7-19-20(18)28-22(32-19)29(14-15-5-4-12-27-13-15)21(30)16-8-10-17(11-9-16)23(24,25)26/h3-13H,2,14H2,1H3. The number of carbonyl (C=O) groups is 1. The van der Waals surface area contributed by atoms with Gasteiger partial charge in [0.15, 0.2) is 5.13 Å². The van der Waals surface area contributed by atoms with Crippen molar-refractivity contribution in [2.75, 3.05) is 11.5 Å². The van der Waals surface area contributed by atoms with Crippen LogP contribution >= 0.6 is 11.3 Å². The molecule has 0 N–H and O–H groups in total. The van der Waals surface area contributed by atoms with E-state index in [1.165, 1.54) is 28.4 Å². The maximum absolute atomic E-state index is 13.4. The Morgan fingerprint density at radius 3 is 2.53 bits per heavy atom. The molecule has 0 saturated carbocycles. The molecule has 4 rings (SSSR count). The minimum atomic E-state index is -4.47. The zero-order chi connectivity index (χ0) is 22.7. The van der Waals surface area contributed by atoms with E-state index >= 15 is 0 Å². The Bertz CT molecular complexity index is 1220. The number of aromatic nitrogens is 2. The molecule has 0 atom stereocenters. The van der Waals surface area contributed by atoms with Gasteiger partial charge in [-0.3, -0.25) is 14.7 Å². The largest absolute Gasteiger partial charge is 0.492 e. The lowest BCUT2D eigenvalue weighted by molar-refractivity contribution is -0.137. The SMILES string of the molecule is CCOc1cccc2sc(N(Cc3cccnc3)C(=O)c3ccc(C(F)(F)F)cc3)nc12. The molecule has 164 valence electrons. The molecule has 0 saturated heterocycles. The number of nitrogens with zero attached hydrogens (tertiary/aromatic N) is 3. The van der Waals surface area contributed by atoms with E-state index in [0.29, 0.717) is 23.0 Å². The summed E-state index contributed by atoms with van der Waals surface area (Å²) in [6.07, 6.45) is -1.22. The number of halogens is 3. The van der Waals surface area contributed by atoms with Crippen molar-refractivity contribution in [3.63, 3.8) is 0 Å². The summed E-state index contributed by atoms with van der Waals surface area (Å²) in [6, 6.07) is 13.3. The molecule has 0 aliphatic carbocycles. The van der Waals surface area contributed by atoms with Crippen LogP contribution < -0.4 is 9.64 Å². The van der Waals surface area contributed by atoms with Gasteiger partial charge in [-0.1, -0.05) is 23.5 Å². The minimum absolute atomic E-state index is 0.131. The maximum Gasteiger partial charge on any atom is 0.416 e. The van der Waals surface area contributed by atoms with Crippen molar-refractivity contribution in [1.29, 1.82) is 0 Å². The molecule has 0 fully saturated rings. The number of alkyl halides is 3. The average Bonchev–Trinajstić information content (AvgIpc) is 3.22. The second kappa shape index (κ2) is 8.96. The summed E-state index contributed by atoms with van der Waals surface area (Å²) in [5, 5.41) is 0.418. The zero-order valence-electron chi connectivity index (χ0n) is 17.0. The summed E-state index contributed by atoms with van der Waals surface area (Å²) in [4.78, 5) is 23.5. The van der Waals surface area contributed by atoms with Crippen molar-refractivity contribution in [2.45, 2.75) is 19.6 Å². The van der Waals surface area contributed by atoms with Crippen LogP contribution in [0.2, 0.25) is 0 Å². The van der Waals surface area contributed by atoms with Crippen molar-refractivity contribution < 1.29 is 22.7 Å². The summed E-state index contributed by atoms with van der Waals surface area (Å²) in [6.45, 7) is 2.50. The molecule has 9 heteroatoms. The summed E-state index contributed by atoms with van der Waals surface area (Å²) in [5.41, 5.74) is 0.711. The Morgan fingerprint density at radius 1 is 1.09 bits per heavy atom. The quantitative estimate of drug-likeness (QED) is 0.359. The van der Waals surface area contributed by atoms with Crippen molar-refractivity contribution in [3.8, 4) is 5.75 Å². The first-order chi connectivity index (χ1) is 15.4. The lowest BCUT2D eigenvalue weighted by atomic mass is 10.1. The van der Waals surface area contributed by atoms with Crippen molar-refractivity contribution >= 4 is 32.6 Å². The van der Waals surface area contributed by atoms with Gasteiger partial charge in [0.2, 0.25) is 0 Å². The summed E-state index contributed by atoms with van der Waals surface area (Å²) >= 11 is 1.31. The molecule has 2 heterocycles. The number of fused-ring (bicyclic) bond motifs is 1. The molecule has 0 spiro atoms. The van der Waals surface area contributed by atoms with Crippen LogP contribution in [-0.2, 0) is 12.7 Å². The van der Waals surface area contributed by atoms with Crippen LogP contribution in [0.1, 0.15) is 28.4 Å². The molecule has 2 aromatic heterocycles. The van der Waals surface area contributed by atoms with Crippen molar-refractivity contribution in [1.82, 2.24) is 9.97 Å². The van der Waals surface area contributed by atoms with Crippen molar-refractivity contribution in [2.24, 2.45) is 0 Å². The number of amides is 1. The third-order valence-corrected chi connectivity index (χ3v) is 5.71. The van der Waals surface area contributed by atoms with Gasteiger partial charge in [-0.25, -0.2) is 4.98 Å². The number of pyridine rings is 1. The maximum atomic E-state index is 13.4. The summed E-state index contributed by atoms with van der Waals surface area (Å²) < 4.78 is 45.3. The molecule has 0 radical (unpaired) electrons. The minimum Gasteiger partial charge on any atom is -0.492 e. The number of carbonyl (C=O) groups excluding carboxylic acids is 1. The van der Waals surface area contributed by atoms with E-state index in [1.54, 1.807) is 24.5 Å². The smallest absolute Gasteiger partial charge is 0.416 e. The van der Waals surface area contributed by atoms with E-state index in [-0.39, 0.29) is 12.1 Å². The van der Waals surface area contributed by atoms with Gasteiger partial charge in [0.25, 0.3) is 5.91 Å². The lowest BCUT2D eigenvalue weighted by Crippen LogP contribution is -2.30. The summed E-state index contributed by atoms with van der Waals surface area (Å²) in [5.74, 6) is 0.149. The van der Waals surface area contributed by atoms with Crippen LogP contribution in [0.15, 0.2) is 67.0 Å². The number of thiazole rings is 1. The molecule has 1 amide bonds. The highest BCUT2D eigenvalue weighted by Crippen LogP contribution is 2.36. The lowest BCUT2D eigenvalue weighted by Gasteiger charge is -2.20. The summed E-state index contributed by atoms with van der Waals surface area (Å²) in [7, 11) is 0. The van der Waals surface area contributed by atoms with Gasteiger partial charge in [0, 0.05) is 18.0 Å². The fourth-order valence-electron chi connectivity index (χ4n) is 3.16. The molecule has 0 aliphatic heterocycles. The van der Waals surface area contributed by atoms with Crippen LogP contribution in [0.3, 0.4) is 0 Å². The highest BCUT2D eigenvalue weighted by molar-refractivity contribution is 7.22.